The zero-order chi connectivity index (χ0) is 18.4. The molecule has 4 nitrogen and oxygen atoms in total. The molecule has 0 fully saturated rings. The number of carbonyl (C=O) groups is 1. The first-order chi connectivity index (χ1) is 12.0. The molecule has 0 aliphatic heterocycles. The van der Waals surface area contributed by atoms with Gasteiger partial charge in [-0.25, -0.2) is 0 Å². The lowest BCUT2D eigenvalue weighted by Crippen LogP contribution is -2.41. The van der Waals surface area contributed by atoms with E-state index in [0.29, 0.717) is 12.5 Å². The summed E-state index contributed by atoms with van der Waals surface area (Å²) in [5.41, 5.74) is 2.56. The van der Waals surface area contributed by atoms with Gasteiger partial charge in [0.1, 0.15) is 0 Å². The Morgan fingerprint density at radius 1 is 1.24 bits per heavy atom. The number of carbonyl (C=O) groups excluding carboxylic acids is 1. The monoisotopic (exact) mass is 344 g/mol. The van der Waals surface area contributed by atoms with E-state index >= 15 is 0 Å². The molecule has 0 saturated carbocycles. The maximum Gasteiger partial charge on any atom is 0.220 e. The van der Waals surface area contributed by atoms with E-state index in [1.54, 1.807) is 0 Å². The smallest absolute Gasteiger partial charge is 0.220 e. The van der Waals surface area contributed by atoms with E-state index in [-0.39, 0.29) is 24.5 Å². The largest absolute Gasteiger partial charge is 0.394 e. The van der Waals surface area contributed by atoms with Crippen LogP contribution in [0.4, 0.5) is 0 Å². The Bertz CT molecular complexity index is 690. The first-order valence-electron chi connectivity index (χ1n) is 9.46. The predicted octanol–water partition coefficient (Wildman–Crippen LogP) is 4.07. The summed E-state index contributed by atoms with van der Waals surface area (Å²) < 4.78 is 2.30. The maximum absolute atomic E-state index is 12.2. The van der Waals surface area contributed by atoms with Crippen LogP contribution in [0.25, 0.3) is 10.9 Å². The molecular weight excluding hydrogens is 312 g/mol. The van der Waals surface area contributed by atoms with Crippen LogP contribution < -0.4 is 5.32 Å². The van der Waals surface area contributed by atoms with Gasteiger partial charge in [-0.3, -0.25) is 4.79 Å². The van der Waals surface area contributed by atoms with Crippen molar-refractivity contribution in [3.63, 3.8) is 0 Å². The number of nitrogens with one attached hydrogen (secondary N) is 1. The van der Waals surface area contributed by atoms with Gasteiger partial charge in [-0.2, -0.15) is 0 Å². The quantitative estimate of drug-likeness (QED) is 0.720. The summed E-state index contributed by atoms with van der Waals surface area (Å²) in [6.45, 7) is 8.51. The van der Waals surface area contributed by atoms with E-state index in [2.05, 4.69) is 68.0 Å². The molecule has 1 aromatic carbocycles. The normalized spacial score (nSPS) is 14.0. The molecule has 0 unspecified atom stereocenters. The number of hydrogen-bond donors (Lipinski definition) is 2. The molecule has 2 rings (SSSR count). The number of aryl methyl sites for hydroxylation is 1. The van der Waals surface area contributed by atoms with Crippen LogP contribution >= 0.6 is 0 Å². The van der Waals surface area contributed by atoms with Crippen molar-refractivity contribution < 1.29 is 9.90 Å². The number of fused-ring (bicyclic) bond motifs is 1. The first kappa shape index (κ1) is 19.5. The lowest BCUT2D eigenvalue weighted by Gasteiger charge is -2.22. The van der Waals surface area contributed by atoms with E-state index in [0.717, 1.165) is 19.3 Å². The van der Waals surface area contributed by atoms with Crippen LogP contribution in [0.15, 0.2) is 30.5 Å². The Labute approximate surface area is 151 Å². The van der Waals surface area contributed by atoms with Gasteiger partial charge < -0.3 is 15.0 Å². The van der Waals surface area contributed by atoms with Crippen molar-refractivity contribution >= 4 is 16.8 Å². The minimum absolute atomic E-state index is 0.00260. The Hall–Kier alpha value is -1.81. The van der Waals surface area contributed by atoms with Crippen LogP contribution in [-0.4, -0.2) is 28.2 Å². The molecule has 25 heavy (non-hydrogen) atoms. The second kappa shape index (κ2) is 9.04. The molecule has 1 heterocycles. The Balaban J connectivity index is 1.96. The van der Waals surface area contributed by atoms with Crippen LogP contribution in [0.1, 0.15) is 58.6 Å². The number of aromatic nitrogens is 1. The van der Waals surface area contributed by atoms with E-state index in [1.165, 1.54) is 16.5 Å². The molecule has 2 atom stereocenters. The molecule has 0 spiro atoms. The van der Waals surface area contributed by atoms with E-state index in [4.69, 9.17) is 0 Å². The molecule has 0 aliphatic rings. The molecule has 0 saturated heterocycles. The SMILES string of the molecule is CC[C@@H](C)[C@@H](CO)NC(=O)CCCc1cn(C(C)C)c2ccccc12. The Kier molecular flexibility index (Phi) is 7.06. The molecule has 2 N–H and O–H groups in total. The second-order valence-electron chi connectivity index (χ2n) is 7.27. The number of amides is 1. The minimum Gasteiger partial charge on any atom is -0.394 e. The highest BCUT2D eigenvalue weighted by molar-refractivity contribution is 5.84. The van der Waals surface area contributed by atoms with Gasteiger partial charge in [-0.05, 0) is 44.2 Å². The van der Waals surface area contributed by atoms with Crippen molar-refractivity contribution in [3.05, 3.63) is 36.0 Å². The fourth-order valence-electron chi connectivity index (χ4n) is 3.27. The fraction of sp³-hybridized carbons (Fsp3) is 0.571. The van der Waals surface area contributed by atoms with Gasteiger partial charge in [0.2, 0.25) is 5.91 Å². The fourth-order valence-corrected chi connectivity index (χ4v) is 3.27. The molecule has 0 bridgehead atoms. The number of aliphatic hydroxyl groups is 1. The number of aliphatic hydroxyl groups excluding tert-OH is 1. The zero-order valence-corrected chi connectivity index (χ0v) is 16.0. The summed E-state index contributed by atoms with van der Waals surface area (Å²) in [6.07, 6.45) is 5.37. The number of nitrogens with zero attached hydrogens (tertiary/aromatic N) is 1. The van der Waals surface area contributed by atoms with Crippen molar-refractivity contribution in [3.8, 4) is 0 Å². The van der Waals surface area contributed by atoms with E-state index < -0.39 is 0 Å². The summed E-state index contributed by atoms with van der Waals surface area (Å²) in [7, 11) is 0. The van der Waals surface area contributed by atoms with Crippen LogP contribution in [-0.2, 0) is 11.2 Å². The van der Waals surface area contributed by atoms with Crippen molar-refractivity contribution in [1.29, 1.82) is 0 Å². The number of para-hydroxylation sites is 1. The highest BCUT2D eigenvalue weighted by Gasteiger charge is 2.17. The highest BCUT2D eigenvalue weighted by Crippen LogP contribution is 2.25. The molecule has 2 aromatic rings. The number of hydrogen-bond acceptors (Lipinski definition) is 2. The number of rotatable bonds is 9. The van der Waals surface area contributed by atoms with Gasteiger partial charge >= 0.3 is 0 Å². The topological polar surface area (TPSA) is 54.3 Å². The van der Waals surface area contributed by atoms with Gasteiger partial charge in [0.05, 0.1) is 12.6 Å². The molecule has 138 valence electrons. The minimum atomic E-state index is -0.139. The van der Waals surface area contributed by atoms with Crippen LogP contribution in [0.5, 0.6) is 0 Å². The highest BCUT2D eigenvalue weighted by atomic mass is 16.3. The summed E-state index contributed by atoms with van der Waals surface area (Å²) >= 11 is 0. The molecule has 4 heteroatoms. The Morgan fingerprint density at radius 2 is 1.96 bits per heavy atom. The molecule has 0 aliphatic carbocycles. The lowest BCUT2D eigenvalue weighted by molar-refractivity contribution is -0.122. The van der Waals surface area contributed by atoms with Crippen LogP contribution in [0, 0.1) is 5.92 Å². The molecular formula is C21H32N2O2. The van der Waals surface area contributed by atoms with Crippen molar-refractivity contribution in [2.24, 2.45) is 5.92 Å². The van der Waals surface area contributed by atoms with Gasteiger partial charge in [-0.1, -0.05) is 38.5 Å². The van der Waals surface area contributed by atoms with Gasteiger partial charge in [-0.15, -0.1) is 0 Å². The maximum atomic E-state index is 12.2. The Morgan fingerprint density at radius 3 is 2.60 bits per heavy atom. The lowest BCUT2D eigenvalue weighted by atomic mass is 9.99. The third-order valence-corrected chi connectivity index (χ3v) is 5.10. The van der Waals surface area contributed by atoms with Crippen LogP contribution in [0.2, 0.25) is 0 Å². The van der Waals surface area contributed by atoms with Crippen molar-refractivity contribution in [2.75, 3.05) is 6.61 Å². The van der Waals surface area contributed by atoms with Crippen molar-refractivity contribution in [1.82, 2.24) is 9.88 Å². The standard InChI is InChI=1S/C21H32N2O2/c1-5-16(4)19(14-24)22-21(25)12-8-9-17-13-23(15(2)3)20-11-7-6-10-18(17)20/h6-7,10-11,13,15-16,19,24H,5,8-9,12,14H2,1-4H3,(H,22,25)/t16-,19-/m1/s1. The van der Waals surface area contributed by atoms with Gasteiger partial charge in [0.15, 0.2) is 0 Å². The molecule has 1 amide bonds. The molecule has 1 aromatic heterocycles. The second-order valence-corrected chi connectivity index (χ2v) is 7.27. The van der Waals surface area contributed by atoms with E-state index in [9.17, 15) is 9.90 Å². The first-order valence-corrected chi connectivity index (χ1v) is 9.46. The zero-order valence-electron chi connectivity index (χ0n) is 16.0. The third kappa shape index (κ3) is 4.85. The summed E-state index contributed by atoms with van der Waals surface area (Å²) in [5.74, 6) is 0.324. The van der Waals surface area contributed by atoms with E-state index in [1.807, 2.05) is 0 Å². The summed E-state index contributed by atoms with van der Waals surface area (Å²) in [4.78, 5) is 12.2. The number of benzene rings is 1. The van der Waals surface area contributed by atoms with Gasteiger partial charge in [0, 0.05) is 29.6 Å². The summed E-state index contributed by atoms with van der Waals surface area (Å²) in [6, 6.07) is 8.74. The summed E-state index contributed by atoms with van der Waals surface area (Å²) in [5, 5.41) is 13.7. The predicted molar refractivity (Wildman–Crippen MR) is 104 cm³/mol. The third-order valence-electron chi connectivity index (χ3n) is 5.10. The molecule has 0 radical (unpaired) electrons. The van der Waals surface area contributed by atoms with Gasteiger partial charge in [0.25, 0.3) is 0 Å². The average molecular weight is 344 g/mol. The van der Waals surface area contributed by atoms with Crippen LogP contribution in [0.3, 0.4) is 0 Å². The van der Waals surface area contributed by atoms with Crippen molar-refractivity contribution in [2.45, 2.75) is 65.5 Å². The average Bonchev–Trinajstić information content (AvgIpc) is 2.98.